The van der Waals surface area contributed by atoms with Gasteiger partial charge in [0, 0.05) is 24.0 Å². The number of ether oxygens (including phenoxy) is 3. The molecule has 1 N–H and O–H groups in total. The minimum absolute atomic E-state index is 0.0461. The van der Waals surface area contributed by atoms with Crippen LogP contribution >= 0.6 is 0 Å². The molecule has 3 aromatic rings. The smallest absolute Gasteiger partial charge is 0.248 e. The van der Waals surface area contributed by atoms with Gasteiger partial charge in [-0.15, -0.1) is 0 Å². The standard InChI is InChI=1S/C25H26N2O4/c1-18(2)31-23-12-10-19(15-24(23)29-3)11-13-25(28)27-20-8-6-9-22(16-20)30-17-21-7-4-5-14-26-21/h4-16,18H,17H2,1-3H3,(H,27,28)/b13-11+. The number of methoxy groups -OCH3 is 1. The third-order valence-corrected chi connectivity index (χ3v) is 4.19. The van der Waals surface area contributed by atoms with Crippen molar-refractivity contribution in [1.29, 1.82) is 0 Å². The zero-order valence-electron chi connectivity index (χ0n) is 17.9. The fraction of sp³-hybridized carbons (Fsp3) is 0.200. The van der Waals surface area contributed by atoms with Gasteiger partial charge in [0.25, 0.3) is 0 Å². The van der Waals surface area contributed by atoms with Crippen molar-refractivity contribution in [1.82, 2.24) is 4.98 Å². The highest BCUT2D eigenvalue weighted by Crippen LogP contribution is 2.29. The summed E-state index contributed by atoms with van der Waals surface area (Å²) < 4.78 is 16.8. The molecule has 0 aliphatic carbocycles. The van der Waals surface area contributed by atoms with E-state index in [4.69, 9.17) is 14.2 Å². The molecule has 0 atom stereocenters. The van der Waals surface area contributed by atoms with Crippen LogP contribution < -0.4 is 19.5 Å². The highest BCUT2D eigenvalue weighted by Gasteiger charge is 2.07. The second kappa shape index (κ2) is 10.8. The van der Waals surface area contributed by atoms with Crippen LogP contribution in [0.15, 0.2) is 72.9 Å². The van der Waals surface area contributed by atoms with E-state index in [1.54, 1.807) is 31.5 Å². The third-order valence-electron chi connectivity index (χ3n) is 4.19. The molecule has 6 nitrogen and oxygen atoms in total. The van der Waals surface area contributed by atoms with Crippen molar-refractivity contribution >= 4 is 17.7 Å². The van der Waals surface area contributed by atoms with Crippen LogP contribution in [0.5, 0.6) is 17.2 Å². The lowest BCUT2D eigenvalue weighted by Gasteiger charge is -2.13. The lowest BCUT2D eigenvalue weighted by molar-refractivity contribution is -0.111. The Morgan fingerprint density at radius 3 is 2.68 bits per heavy atom. The molecule has 0 aliphatic rings. The van der Waals surface area contributed by atoms with Crippen molar-refractivity contribution in [3.8, 4) is 17.2 Å². The van der Waals surface area contributed by atoms with Gasteiger partial charge in [-0.2, -0.15) is 0 Å². The lowest BCUT2D eigenvalue weighted by Crippen LogP contribution is -2.08. The van der Waals surface area contributed by atoms with Gasteiger partial charge >= 0.3 is 0 Å². The van der Waals surface area contributed by atoms with Crippen LogP contribution in [0.3, 0.4) is 0 Å². The number of aromatic nitrogens is 1. The molecule has 6 heteroatoms. The first-order valence-corrected chi connectivity index (χ1v) is 10.00. The molecule has 3 rings (SSSR count). The molecule has 160 valence electrons. The number of hydrogen-bond donors (Lipinski definition) is 1. The summed E-state index contributed by atoms with van der Waals surface area (Å²) in [6.45, 7) is 4.27. The molecule has 2 aromatic carbocycles. The van der Waals surface area contributed by atoms with Gasteiger partial charge in [-0.3, -0.25) is 9.78 Å². The van der Waals surface area contributed by atoms with E-state index in [1.165, 1.54) is 6.08 Å². The quantitative estimate of drug-likeness (QED) is 0.489. The normalized spacial score (nSPS) is 10.8. The molecule has 31 heavy (non-hydrogen) atoms. The van der Waals surface area contributed by atoms with E-state index in [1.807, 2.05) is 62.4 Å². The van der Waals surface area contributed by atoms with E-state index in [9.17, 15) is 4.79 Å². The maximum Gasteiger partial charge on any atom is 0.248 e. The number of hydrogen-bond acceptors (Lipinski definition) is 5. The SMILES string of the molecule is COc1cc(/C=C/C(=O)Nc2cccc(OCc3ccccn3)c2)ccc1OC(C)C. The summed E-state index contributed by atoms with van der Waals surface area (Å²) in [4.78, 5) is 16.6. The molecular formula is C25H26N2O4. The van der Waals surface area contributed by atoms with Gasteiger partial charge in [-0.05, 0) is 61.9 Å². The number of nitrogens with zero attached hydrogens (tertiary/aromatic N) is 1. The average molecular weight is 418 g/mol. The number of nitrogens with one attached hydrogen (secondary N) is 1. The lowest BCUT2D eigenvalue weighted by atomic mass is 10.2. The van der Waals surface area contributed by atoms with Crippen LogP contribution in [0.4, 0.5) is 5.69 Å². The Hall–Kier alpha value is -3.80. The van der Waals surface area contributed by atoms with Crippen LogP contribution in [0.2, 0.25) is 0 Å². The van der Waals surface area contributed by atoms with Gasteiger partial charge in [0.05, 0.1) is 18.9 Å². The van der Waals surface area contributed by atoms with E-state index < -0.39 is 0 Å². The predicted molar refractivity (Wildman–Crippen MR) is 121 cm³/mol. The van der Waals surface area contributed by atoms with Gasteiger partial charge in [-0.1, -0.05) is 18.2 Å². The summed E-state index contributed by atoms with van der Waals surface area (Å²) in [5.74, 6) is 1.69. The number of pyridine rings is 1. The fourth-order valence-corrected chi connectivity index (χ4v) is 2.80. The van der Waals surface area contributed by atoms with E-state index in [-0.39, 0.29) is 12.0 Å². The Balaban J connectivity index is 1.59. The second-order valence-electron chi connectivity index (χ2n) is 7.04. The molecule has 0 fully saturated rings. The topological polar surface area (TPSA) is 69.7 Å². The van der Waals surface area contributed by atoms with Crippen LogP contribution in [0, 0.1) is 0 Å². The average Bonchev–Trinajstić information content (AvgIpc) is 2.77. The Morgan fingerprint density at radius 1 is 1.06 bits per heavy atom. The molecule has 0 saturated heterocycles. The summed E-state index contributed by atoms with van der Waals surface area (Å²) >= 11 is 0. The maximum atomic E-state index is 12.3. The van der Waals surface area contributed by atoms with Gasteiger partial charge in [-0.25, -0.2) is 0 Å². The highest BCUT2D eigenvalue weighted by atomic mass is 16.5. The molecule has 1 aromatic heterocycles. The molecule has 1 amide bonds. The third kappa shape index (κ3) is 6.89. The molecule has 0 radical (unpaired) electrons. The molecule has 0 unspecified atom stereocenters. The molecule has 0 bridgehead atoms. The predicted octanol–water partition coefficient (Wildman–Crippen LogP) is 5.11. The Kier molecular flexibility index (Phi) is 7.65. The van der Waals surface area contributed by atoms with Crippen molar-refractivity contribution in [3.05, 3.63) is 84.2 Å². The summed E-state index contributed by atoms with van der Waals surface area (Å²) in [5, 5.41) is 2.84. The first-order valence-electron chi connectivity index (χ1n) is 10.00. The molecule has 1 heterocycles. The fourth-order valence-electron chi connectivity index (χ4n) is 2.80. The summed E-state index contributed by atoms with van der Waals surface area (Å²) in [7, 11) is 1.59. The van der Waals surface area contributed by atoms with Gasteiger partial charge in [0.2, 0.25) is 5.91 Å². The van der Waals surface area contributed by atoms with Crippen LogP contribution in [0.25, 0.3) is 6.08 Å². The molecular weight excluding hydrogens is 392 g/mol. The number of anilines is 1. The minimum Gasteiger partial charge on any atom is -0.493 e. The molecule has 0 spiro atoms. The van der Waals surface area contributed by atoms with E-state index in [0.29, 0.717) is 29.5 Å². The van der Waals surface area contributed by atoms with Crippen LogP contribution in [-0.2, 0) is 11.4 Å². The molecule has 0 aliphatic heterocycles. The Morgan fingerprint density at radius 2 is 1.94 bits per heavy atom. The van der Waals surface area contributed by atoms with Crippen LogP contribution in [0.1, 0.15) is 25.1 Å². The number of amides is 1. The van der Waals surface area contributed by atoms with Crippen molar-refractivity contribution in [2.45, 2.75) is 26.6 Å². The summed E-state index contributed by atoms with van der Waals surface area (Å²) in [6, 6.07) is 18.4. The van der Waals surface area contributed by atoms with Crippen molar-refractivity contribution < 1.29 is 19.0 Å². The second-order valence-corrected chi connectivity index (χ2v) is 7.04. The summed E-state index contributed by atoms with van der Waals surface area (Å²) in [6.07, 6.45) is 4.96. The maximum absolute atomic E-state index is 12.3. The number of carbonyl (C=O) groups excluding carboxylic acids is 1. The number of benzene rings is 2. The van der Waals surface area contributed by atoms with Crippen molar-refractivity contribution in [2.75, 3.05) is 12.4 Å². The largest absolute Gasteiger partial charge is 0.493 e. The van der Waals surface area contributed by atoms with E-state index >= 15 is 0 Å². The Labute approximate surface area is 182 Å². The Bertz CT molecular complexity index is 1030. The van der Waals surface area contributed by atoms with E-state index in [2.05, 4.69) is 10.3 Å². The van der Waals surface area contributed by atoms with Gasteiger partial charge in [0.15, 0.2) is 11.5 Å². The van der Waals surface area contributed by atoms with Crippen molar-refractivity contribution in [3.63, 3.8) is 0 Å². The van der Waals surface area contributed by atoms with Crippen LogP contribution in [-0.4, -0.2) is 24.1 Å². The first-order chi connectivity index (χ1) is 15.0. The molecule has 0 saturated carbocycles. The number of rotatable bonds is 9. The number of carbonyl (C=O) groups is 1. The minimum atomic E-state index is -0.247. The highest BCUT2D eigenvalue weighted by molar-refractivity contribution is 6.02. The van der Waals surface area contributed by atoms with Gasteiger partial charge < -0.3 is 19.5 Å². The summed E-state index contributed by atoms with van der Waals surface area (Å²) in [5.41, 5.74) is 2.31. The van der Waals surface area contributed by atoms with Gasteiger partial charge in [0.1, 0.15) is 12.4 Å². The monoisotopic (exact) mass is 418 g/mol. The zero-order chi connectivity index (χ0) is 22.1. The first kappa shape index (κ1) is 21.9. The van der Waals surface area contributed by atoms with E-state index in [0.717, 1.165) is 11.3 Å². The zero-order valence-corrected chi connectivity index (χ0v) is 17.9. The van der Waals surface area contributed by atoms with Crippen molar-refractivity contribution in [2.24, 2.45) is 0 Å².